The molecule has 0 amide bonds. The van der Waals surface area contributed by atoms with Crippen molar-refractivity contribution in [2.75, 3.05) is 25.3 Å². The number of anilines is 3. The van der Waals surface area contributed by atoms with Crippen LogP contribution in [0.25, 0.3) is 0 Å². The third kappa shape index (κ3) is 3.25. The van der Waals surface area contributed by atoms with E-state index in [4.69, 9.17) is 15.2 Å². The van der Waals surface area contributed by atoms with Crippen molar-refractivity contribution in [2.45, 2.75) is 0 Å². The minimum absolute atomic E-state index is 0.195. The van der Waals surface area contributed by atoms with Gasteiger partial charge >= 0.3 is 0 Å². The predicted octanol–water partition coefficient (Wildman–Crippen LogP) is 2.58. The quantitative estimate of drug-likeness (QED) is 0.899. The Labute approximate surface area is 119 Å². The molecular weight excluding hydrogens is 312 g/mol. The lowest BCUT2D eigenvalue weighted by atomic mass is 10.2. The zero-order chi connectivity index (χ0) is 13.8. The number of nitrogens with zero attached hydrogens (tertiary/aromatic N) is 2. The number of nitrogens with two attached hydrogens (primary N) is 1. The standard InChI is InChI=1S/C12H13BrN4O2/c1-18-8-3-7(4-9(5-8)19-2)16-11-10(13)6-15-12(14)17-11/h3-6H,1-2H3,(H3,14,15,16,17). The van der Waals surface area contributed by atoms with Crippen LogP contribution >= 0.6 is 15.9 Å². The monoisotopic (exact) mass is 324 g/mol. The Morgan fingerprint density at radius 1 is 1.16 bits per heavy atom. The summed E-state index contributed by atoms with van der Waals surface area (Å²) in [4.78, 5) is 7.98. The summed E-state index contributed by atoms with van der Waals surface area (Å²) in [7, 11) is 3.19. The van der Waals surface area contributed by atoms with Gasteiger partial charge in [-0.15, -0.1) is 0 Å². The third-order valence-electron chi connectivity index (χ3n) is 2.38. The minimum atomic E-state index is 0.195. The molecule has 0 unspecified atom stereocenters. The highest BCUT2D eigenvalue weighted by molar-refractivity contribution is 9.10. The molecule has 0 saturated heterocycles. The molecule has 0 atom stereocenters. The van der Waals surface area contributed by atoms with Crippen molar-refractivity contribution in [3.63, 3.8) is 0 Å². The van der Waals surface area contributed by atoms with Crippen LogP contribution in [0.1, 0.15) is 0 Å². The molecule has 0 aliphatic heterocycles. The number of nitrogens with one attached hydrogen (secondary N) is 1. The Hall–Kier alpha value is -2.02. The van der Waals surface area contributed by atoms with E-state index in [1.165, 1.54) is 0 Å². The van der Waals surface area contributed by atoms with Gasteiger partial charge in [0, 0.05) is 30.1 Å². The number of nitrogen functional groups attached to an aromatic ring is 1. The fourth-order valence-electron chi connectivity index (χ4n) is 1.48. The highest BCUT2D eigenvalue weighted by atomic mass is 79.9. The van der Waals surface area contributed by atoms with Crippen molar-refractivity contribution in [2.24, 2.45) is 0 Å². The highest BCUT2D eigenvalue weighted by Gasteiger charge is 2.06. The average molecular weight is 325 g/mol. The summed E-state index contributed by atoms with van der Waals surface area (Å²) in [6.45, 7) is 0. The van der Waals surface area contributed by atoms with E-state index in [1.807, 2.05) is 12.1 Å². The number of benzene rings is 1. The van der Waals surface area contributed by atoms with Gasteiger partial charge in [-0.1, -0.05) is 0 Å². The molecule has 0 aliphatic rings. The summed E-state index contributed by atoms with van der Waals surface area (Å²) in [5.74, 6) is 2.13. The summed E-state index contributed by atoms with van der Waals surface area (Å²) >= 11 is 3.35. The molecule has 2 aromatic rings. The number of hydrogen-bond acceptors (Lipinski definition) is 6. The first-order chi connectivity index (χ1) is 9.12. The van der Waals surface area contributed by atoms with Gasteiger partial charge in [0.25, 0.3) is 0 Å². The van der Waals surface area contributed by atoms with E-state index < -0.39 is 0 Å². The fourth-order valence-corrected chi connectivity index (χ4v) is 1.77. The number of methoxy groups -OCH3 is 2. The molecule has 3 N–H and O–H groups in total. The summed E-state index contributed by atoms with van der Waals surface area (Å²) in [5.41, 5.74) is 6.33. The Morgan fingerprint density at radius 3 is 2.37 bits per heavy atom. The maximum atomic E-state index is 5.56. The number of halogens is 1. The summed E-state index contributed by atoms with van der Waals surface area (Å²) < 4.78 is 11.1. The van der Waals surface area contributed by atoms with Gasteiger partial charge in [-0.2, -0.15) is 4.98 Å². The molecule has 2 rings (SSSR count). The zero-order valence-corrected chi connectivity index (χ0v) is 12.1. The Balaban J connectivity index is 2.34. The predicted molar refractivity (Wildman–Crippen MR) is 77.0 cm³/mol. The van der Waals surface area contributed by atoms with Crippen LogP contribution in [-0.2, 0) is 0 Å². The van der Waals surface area contributed by atoms with Gasteiger partial charge in [-0.3, -0.25) is 0 Å². The van der Waals surface area contributed by atoms with Gasteiger partial charge in [0.05, 0.1) is 18.7 Å². The molecule has 0 aliphatic carbocycles. The summed E-state index contributed by atoms with van der Waals surface area (Å²) in [5, 5.41) is 3.12. The van der Waals surface area contributed by atoms with Crippen LogP contribution in [0.2, 0.25) is 0 Å². The van der Waals surface area contributed by atoms with Crippen molar-refractivity contribution >= 4 is 33.4 Å². The molecule has 6 nitrogen and oxygen atoms in total. The van der Waals surface area contributed by atoms with Gasteiger partial charge in [0.15, 0.2) is 0 Å². The van der Waals surface area contributed by atoms with Gasteiger partial charge < -0.3 is 20.5 Å². The topological polar surface area (TPSA) is 82.3 Å². The first kappa shape index (κ1) is 13.4. The van der Waals surface area contributed by atoms with Crippen LogP contribution < -0.4 is 20.5 Å². The van der Waals surface area contributed by atoms with Crippen molar-refractivity contribution in [1.29, 1.82) is 0 Å². The van der Waals surface area contributed by atoms with Gasteiger partial charge in [0.1, 0.15) is 17.3 Å². The SMILES string of the molecule is COc1cc(Nc2nc(N)ncc2Br)cc(OC)c1. The summed E-state index contributed by atoms with van der Waals surface area (Å²) in [6, 6.07) is 5.44. The molecule has 0 radical (unpaired) electrons. The highest BCUT2D eigenvalue weighted by Crippen LogP contribution is 2.29. The molecule has 100 valence electrons. The van der Waals surface area contributed by atoms with E-state index in [9.17, 15) is 0 Å². The molecule has 1 aromatic carbocycles. The average Bonchev–Trinajstić information content (AvgIpc) is 2.42. The molecule has 7 heteroatoms. The first-order valence-electron chi connectivity index (χ1n) is 5.40. The van der Waals surface area contributed by atoms with Crippen LogP contribution in [0.15, 0.2) is 28.9 Å². The molecule has 0 spiro atoms. The second-order valence-corrected chi connectivity index (χ2v) is 4.51. The van der Waals surface area contributed by atoms with E-state index in [0.717, 1.165) is 5.69 Å². The van der Waals surface area contributed by atoms with Crippen LogP contribution in [0.5, 0.6) is 11.5 Å². The third-order valence-corrected chi connectivity index (χ3v) is 2.96. The number of hydrogen-bond donors (Lipinski definition) is 2. The Bertz CT molecular complexity index is 570. The van der Waals surface area contributed by atoms with Crippen molar-refractivity contribution in [1.82, 2.24) is 9.97 Å². The van der Waals surface area contributed by atoms with E-state index >= 15 is 0 Å². The Kier molecular flexibility index (Phi) is 4.06. The lowest BCUT2D eigenvalue weighted by molar-refractivity contribution is 0.395. The van der Waals surface area contributed by atoms with Crippen molar-refractivity contribution in [3.8, 4) is 11.5 Å². The lowest BCUT2D eigenvalue weighted by Gasteiger charge is -2.11. The van der Waals surface area contributed by atoms with Gasteiger partial charge in [0.2, 0.25) is 5.95 Å². The van der Waals surface area contributed by atoms with Crippen LogP contribution in [0.3, 0.4) is 0 Å². The maximum absolute atomic E-state index is 5.56. The molecule has 0 fully saturated rings. The molecule has 19 heavy (non-hydrogen) atoms. The van der Waals surface area contributed by atoms with Crippen molar-refractivity contribution < 1.29 is 9.47 Å². The molecule has 0 bridgehead atoms. The number of rotatable bonds is 4. The number of ether oxygens (including phenoxy) is 2. The molecule has 0 saturated carbocycles. The van der Waals surface area contributed by atoms with Crippen LogP contribution in [-0.4, -0.2) is 24.2 Å². The van der Waals surface area contributed by atoms with Crippen LogP contribution in [0.4, 0.5) is 17.5 Å². The molecule has 1 aromatic heterocycles. The molecule has 1 heterocycles. The second-order valence-electron chi connectivity index (χ2n) is 3.65. The Morgan fingerprint density at radius 2 is 1.79 bits per heavy atom. The van der Waals surface area contributed by atoms with E-state index in [2.05, 4.69) is 31.2 Å². The second kappa shape index (κ2) is 5.75. The van der Waals surface area contributed by atoms with Crippen LogP contribution in [0, 0.1) is 0 Å². The first-order valence-corrected chi connectivity index (χ1v) is 6.20. The summed E-state index contributed by atoms with van der Waals surface area (Å²) in [6.07, 6.45) is 1.59. The van der Waals surface area contributed by atoms with Gasteiger partial charge in [-0.25, -0.2) is 4.98 Å². The lowest BCUT2D eigenvalue weighted by Crippen LogP contribution is -2.01. The van der Waals surface area contributed by atoms with E-state index in [-0.39, 0.29) is 5.95 Å². The van der Waals surface area contributed by atoms with Crippen molar-refractivity contribution in [3.05, 3.63) is 28.9 Å². The minimum Gasteiger partial charge on any atom is -0.497 e. The van der Waals surface area contributed by atoms with Gasteiger partial charge in [-0.05, 0) is 15.9 Å². The maximum Gasteiger partial charge on any atom is 0.222 e. The largest absolute Gasteiger partial charge is 0.497 e. The van der Waals surface area contributed by atoms with E-state index in [0.29, 0.717) is 21.8 Å². The fraction of sp³-hybridized carbons (Fsp3) is 0.167. The normalized spacial score (nSPS) is 10.1. The number of aromatic nitrogens is 2. The smallest absolute Gasteiger partial charge is 0.222 e. The zero-order valence-electron chi connectivity index (χ0n) is 10.5. The van der Waals surface area contributed by atoms with E-state index in [1.54, 1.807) is 26.5 Å². The molecular formula is C12H13BrN4O2.